The van der Waals surface area contributed by atoms with Crippen LogP contribution >= 0.6 is 0 Å². The summed E-state index contributed by atoms with van der Waals surface area (Å²) in [6.45, 7) is 0.795. The number of aromatic nitrogens is 2. The predicted molar refractivity (Wildman–Crippen MR) is 103 cm³/mol. The molecule has 0 atom stereocenters. The summed E-state index contributed by atoms with van der Waals surface area (Å²) in [6.07, 6.45) is 2.64. The molecular weight excluding hydrogens is 328 g/mol. The molecule has 134 valence electrons. The fourth-order valence-corrected chi connectivity index (χ4v) is 2.53. The van der Waals surface area contributed by atoms with Crippen molar-refractivity contribution in [3.63, 3.8) is 0 Å². The molecule has 0 fully saturated rings. The van der Waals surface area contributed by atoms with Gasteiger partial charge in [0.05, 0.1) is 19.9 Å². The number of benzene rings is 2. The Morgan fingerprint density at radius 2 is 1.81 bits per heavy atom. The lowest BCUT2D eigenvalue weighted by molar-refractivity contribution is 0.405. The number of hydrogen-bond donors (Lipinski definition) is 2. The number of nitrogens with zero attached hydrogens (tertiary/aromatic N) is 2. The van der Waals surface area contributed by atoms with Crippen molar-refractivity contribution in [1.82, 2.24) is 9.97 Å². The molecule has 0 aliphatic rings. The lowest BCUT2D eigenvalue weighted by atomic mass is 10.1. The topological polar surface area (TPSA) is 68.3 Å². The van der Waals surface area contributed by atoms with Gasteiger partial charge in [0.15, 0.2) is 0 Å². The van der Waals surface area contributed by atoms with Crippen LogP contribution in [-0.2, 0) is 6.42 Å². The molecular formula is C20H22N4O2. The molecule has 3 rings (SSSR count). The van der Waals surface area contributed by atoms with Crippen molar-refractivity contribution in [2.24, 2.45) is 0 Å². The van der Waals surface area contributed by atoms with E-state index in [2.05, 4.69) is 32.7 Å². The van der Waals surface area contributed by atoms with Crippen LogP contribution in [-0.4, -0.2) is 30.7 Å². The van der Waals surface area contributed by atoms with Gasteiger partial charge in [0.1, 0.15) is 17.3 Å². The van der Waals surface area contributed by atoms with Gasteiger partial charge in [0.2, 0.25) is 5.95 Å². The second kappa shape index (κ2) is 8.71. The molecule has 0 bridgehead atoms. The second-order valence-electron chi connectivity index (χ2n) is 5.62. The zero-order chi connectivity index (χ0) is 18.2. The first-order chi connectivity index (χ1) is 12.8. The molecule has 3 aromatic rings. The molecule has 0 saturated carbocycles. The largest absolute Gasteiger partial charge is 0.497 e. The maximum Gasteiger partial charge on any atom is 0.229 e. The Bertz CT molecular complexity index is 840. The highest BCUT2D eigenvalue weighted by Gasteiger charge is 2.07. The minimum Gasteiger partial charge on any atom is -0.497 e. The van der Waals surface area contributed by atoms with Crippen LogP contribution < -0.4 is 20.1 Å². The third kappa shape index (κ3) is 4.63. The molecule has 0 aliphatic carbocycles. The molecule has 6 nitrogen and oxygen atoms in total. The third-order valence-corrected chi connectivity index (χ3v) is 3.87. The van der Waals surface area contributed by atoms with Crippen molar-refractivity contribution in [3.8, 4) is 11.5 Å². The molecule has 0 radical (unpaired) electrons. The van der Waals surface area contributed by atoms with Gasteiger partial charge in [-0.3, -0.25) is 0 Å². The monoisotopic (exact) mass is 350 g/mol. The van der Waals surface area contributed by atoms with Crippen LogP contribution in [0.4, 0.5) is 17.5 Å². The highest BCUT2D eigenvalue weighted by molar-refractivity contribution is 5.65. The maximum atomic E-state index is 5.37. The van der Waals surface area contributed by atoms with Crippen LogP contribution in [0.5, 0.6) is 11.5 Å². The first kappa shape index (κ1) is 17.5. The Labute approximate surface area is 153 Å². The van der Waals surface area contributed by atoms with E-state index in [1.54, 1.807) is 20.4 Å². The summed E-state index contributed by atoms with van der Waals surface area (Å²) < 4.78 is 10.6. The Hall–Kier alpha value is -3.28. The summed E-state index contributed by atoms with van der Waals surface area (Å²) in [5, 5.41) is 6.50. The smallest absolute Gasteiger partial charge is 0.229 e. The molecule has 0 unspecified atom stereocenters. The zero-order valence-electron chi connectivity index (χ0n) is 14.9. The Balaban J connectivity index is 1.66. The molecule has 0 spiro atoms. The number of rotatable bonds is 8. The summed E-state index contributed by atoms with van der Waals surface area (Å²) in [5.41, 5.74) is 2.03. The van der Waals surface area contributed by atoms with E-state index >= 15 is 0 Å². The summed E-state index contributed by atoms with van der Waals surface area (Å²) in [5.74, 6) is 2.67. The molecule has 2 aromatic carbocycles. The first-order valence-electron chi connectivity index (χ1n) is 8.38. The molecule has 1 aromatic heterocycles. The number of anilines is 3. The third-order valence-electron chi connectivity index (χ3n) is 3.87. The van der Waals surface area contributed by atoms with Crippen LogP contribution in [0.25, 0.3) is 0 Å². The number of hydrogen-bond acceptors (Lipinski definition) is 6. The average Bonchev–Trinajstić information content (AvgIpc) is 2.69. The van der Waals surface area contributed by atoms with Gasteiger partial charge in [0, 0.05) is 18.8 Å². The number of nitrogens with one attached hydrogen (secondary N) is 2. The quantitative estimate of drug-likeness (QED) is 0.642. The Morgan fingerprint density at radius 1 is 0.962 bits per heavy atom. The molecule has 1 heterocycles. The summed E-state index contributed by atoms with van der Waals surface area (Å²) in [4.78, 5) is 8.77. The van der Waals surface area contributed by atoms with Gasteiger partial charge in [-0.15, -0.1) is 0 Å². The highest BCUT2D eigenvalue weighted by atomic mass is 16.5. The summed E-state index contributed by atoms with van der Waals surface area (Å²) in [6, 6.07) is 17.7. The van der Waals surface area contributed by atoms with Crippen LogP contribution in [0.1, 0.15) is 5.56 Å². The van der Waals surface area contributed by atoms with E-state index in [1.165, 1.54) is 5.56 Å². The van der Waals surface area contributed by atoms with Gasteiger partial charge in [-0.2, -0.15) is 4.98 Å². The van der Waals surface area contributed by atoms with Crippen LogP contribution in [0, 0.1) is 0 Å². The maximum absolute atomic E-state index is 5.37. The van der Waals surface area contributed by atoms with E-state index in [1.807, 2.05) is 42.5 Å². The van der Waals surface area contributed by atoms with Gasteiger partial charge in [-0.25, -0.2) is 4.98 Å². The Kier molecular flexibility index (Phi) is 5.88. The van der Waals surface area contributed by atoms with Gasteiger partial charge < -0.3 is 20.1 Å². The summed E-state index contributed by atoms with van der Waals surface area (Å²) >= 11 is 0. The van der Waals surface area contributed by atoms with E-state index in [0.29, 0.717) is 11.7 Å². The van der Waals surface area contributed by atoms with Crippen molar-refractivity contribution in [2.75, 3.05) is 31.4 Å². The van der Waals surface area contributed by atoms with Crippen molar-refractivity contribution in [2.45, 2.75) is 6.42 Å². The second-order valence-corrected chi connectivity index (χ2v) is 5.62. The van der Waals surface area contributed by atoms with Gasteiger partial charge in [-0.1, -0.05) is 30.3 Å². The van der Waals surface area contributed by atoms with E-state index in [9.17, 15) is 0 Å². The summed E-state index contributed by atoms with van der Waals surface area (Å²) in [7, 11) is 3.24. The Morgan fingerprint density at radius 3 is 2.58 bits per heavy atom. The van der Waals surface area contributed by atoms with E-state index in [0.717, 1.165) is 30.2 Å². The molecule has 2 N–H and O–H groups in total. The average molecular weight is 350 g/mol. The number of methoxy groups -OCH3 is 2. The highest BCUT2D eigenvalue weighted by Crippen LogP contribution is 2.30. The van der Waals surface area contributed by atoms with Crippen LogP contribution in [0.3, 0.4) is 0 Å². The molecule has 26 heavy (non-hydrogen) atoms. The molecule has 0 aliphatic heterocycles. The standard InChI is InChI=1S/C20H22N4O2/c1-25-16-8-9-18(26-2)17(14-16)23-20-22-13-11-19(24-20)21-12-10-15-6-4-3-5-7-15/h3-9,11,13-14H,10,12H2,1-2H3,(H2,21,22,23,24). The lowest BCUT2D eigenvalue weighted by Crippen LogP contribution is -2.08. The lowest BCUT2D eigenvalue weighted by Gasteiger charge is -2.12. The first-order valence-corrected chi connectivity index (χ1v) is 8.38. The fourth-order valence-electron chi connectivity index (χ4n) is 2.53. The van der Waals surface area contributed by atoms with Crippen molar-refractivity contribution >= 4 is 17.5 Å². The van der Waals surface area contributed by atoms with Crippen molar-refractivity contribution in [1.29, 1.82) is 0 Å². The molecule has 0 amide bonds. The molecule has 6 heteroatoms. The van der Waals surface area contributed by atoms with Gasteiger partial charge >= 0.3 is 0 Å². The van der Waals surface area contributed by atoms with Crippen molar-refractivity contribution < 1.29 is 9.47 Å². The normalized spacial score (nSPS) is 10.2. The number of ether oxygens (including phenoxy) is 2. The zero-order valence-corrected chi connectivity index (χ0v) is 14.9. The van der Waals surface area contributed by atoms with Gasteiger partial charge in [0.25, 0.3) is 0 Å². The van der Waals surface area contributed by atoms with Crippen molar-refractivity contribution in [3.05, 3.63) is 66.4 Å². The minimum atomic E-state index is 0.487. The predicted octanol–water partition coefficient (Wildman–Crippen LogP) is 3.89. The van der Waals surface area contributed by atoms with E-state index in [-0.39, 0.29) is 0 Å². The minimum absolute atomic E-state index is 0.487. The van der Waals surface area contributed by atoms with E-state index in [4.69, 9.17) is 9.47 Å². The van der Waals surface area contributed by atoms with Crippen LogP contribution in [0.15, 0.2) is 60.8 Å². The fraction of sp³-hybridized carbons (Fsp3) is 0.200. The van der Waals surface area contributed by atoms with Crippen LogP contribution in [0.2, 0.25) is 0 Å². The SMILES string of the molecule is COc1ccc(OC)c(Nc2nccc(NCCc3ccccc3)n2)c1. The van der Waals surface area contributed by atoms with E-state index < -0.39 is 0 Å². The van der Waals surface area contributed by atoms with Gasteiger partial charge in [-0.05, 0) is 30.2 Å². The molecule has 0 saturated heterocycles.